The van der Waals surface area contributed by atoms with Crippen molar-refractivity contribution >= 4 is 0 Å². The second-order valence-corrected chi connectivity index (χ2v) is 9.97. The van der Waals surface area contributed by atoms with Crippen LogP contribution in [0.25, 0.3) is 11.3 Å². The number of fused-ring (bicyclic) bond motifs is 3. The summed E-state index contributed by atoms with van der Waals surface area (Å²) in [6.45, 7) is 13.5. The van der Waals surface area contributed by atoms with E-state index in [0.29, 0.717) is 11.5 Å². The Morgan fingerprint density at radius 1 is 0.844 bits per heavy atom. The first-order valence-corrected chi connectivity index (χ1v) is 11.0. The van der Waals surface area contributed by atoms with Crippen LogP contribution in [0.3, 0.4) is 0 Å². The number of hydrogen-bond donors (Lipinski definition) is 1. The van der Waals surface area contributed by atoms with Crippen molar-refractivity contribution in [2.24, 2.45) is 0 Å². The predicted octanol–water partition coefficient (Wildman–Crippen LogP) is 3.70. The summed E-state index contributed by atoms with van der Waals surface area (Å²) in [5, 5.41) is 15.5. The average Bonchev–Trinajstić information content (AvgIpc) is 3.33. The van der Waals surface area contributed by atoms with Crippen LogP contribution in [0, 0.1) is 20.8 Å². The molecule has 8 heteroatoms. The maximum atomic E-state index is 11.3. The fraction of sp³-hybridized carbons (Fsp3) is 0.625. The van der Waals surface area contributed by atoms with Crippen LogP contribution in [0.4, 0.5) is 0 Å². The van der Waals surface area contributed by atoms with Gasteiger partial charge < -0.3 is 33.3 Å². The van der Waals surface area contributed by atoms with Gasteiger partial charge in [-0.2, -0.15) is 0 Å². The van der Waals surface area contributed by atoms with Gasteiger partial charge in [-0.15, -0.1) is 0 Å². The van der Waals surface area contributed by atoms with Crippen molar-refractivity contribution < 1.29 is 33.3 Å². The van der Waals surface area contributed by atoms with Gasteiger partial charge >= 0.3 is 0 Å². The molecule has 4 heterocycles. The number of aryl methyl sites for hydroxylation is 3. The molecule has 6 unspecified atom stereocenters. The summed E-state index contributed by atoms with van der Waals surface area (Å²) >= 11 is 0. The minimum atomic E-state index is -1.12. The van der Waals surface area contributed by atoms with Gasteiger partial charge in [-0.05, 0) is 59.6 Å². The summed E-state index contributed by atoms with van der Waals surface area (Å²) in [4.78, 5) is 0. The van der Waals surface area contributed by atoms with Crippen LogP contribution in [0.2, 0.25) is 0 Å². The molecule has 1 aromatic carbocycles. The first kappa shape index (κ1) is 22.0. The summed E-state index contributed by atoms with van der Waals surface area (Å²) in [6, 6.07) is 5.97. The summed E-state index contributed by atoms with van der Waals surface area (Å²) in [5.41, 5.74) is 5.05. The second kappa shape index (κ2) is 7.35. The lowest BCUT2D eigenvalue weighted by Gasteiger charge is -2.38. The van der Waals surface area contributed by atoms with Crippen molar-refractivity contribution in [2.45, 2.75) is 96.9 Å². The molecule has 1 N–H and O–H groups in total. The Bertz CT molecular complexity index is 1010. The molecule has 0 bridgehead atoms. The average molecular weight is 446 g/mol. The number of hydrogen-bond acceptors (Lipinski definition) is 8. The molecule has 0 radical (unpaired) electrons. The molecular formula is C24H31NO7. The van der Waals surface area contributed by atoms with Crippen molar-refractivity contribution in [3.63, 3.8) is 0 Å². The molecule has 0 spiro atoms. The van der Waals surface area contributed by atoms with Crippen LogP contribution in [0.5, 0.6) is 0 Å². The van der Waals surface area contributed by atoms with E-state index >= 15 is 0 Å². The summed E-state index contributed by atoms with van der Waals surface area (Å²) in [5.74, 6) is -1.37. The van der Waals surface area contributed by atoms with E-state index in [1.54, 1.807) is 6.07 Å². The number of aliphatic hydroxyl groups excluding tert-OH is 1. The molecule has 174 valence electrons. The van der Waals surface area contributed by atoms with E-state index in [-0.39, 0.29) is 0 Å². The third kappa shape index (κ3) is 3.69. The van der Waals surface area contributed by atoms with Gasteiger partial charge in [0.05, 0.1) is 0 Å². The van der Waals surface area contributed by atoms with Crippen LogP contribution in [-0.4, -0.2) is 52.5 Å². The van der Waals surface area contributed by atoms with E-state index in [9.17, 15) is 5.11 Å². The maximum absolute atomic E-state index is 11.3. The van der Waals surface area contributed by atoms with Gasteiger partial charge in [0, 0.05) is 11.6 Å². The zero-order chi connectivity index (χ0) is 23.0. The molecule has 3 aliphatic rings. The van der Waals surface area contributed by atoms with Gasteiger partial charge in [0.25, 0.3) is 0 Å². The zero-order valence-corrected chi connectivity index (χ0v) is 19.5. The normalized spacial score (nSPS) is 33.7. The molecule has 3 fully saturated rings. The Labute approximate surface area is 187 Å². The molecule has 8 nitrogen and oxygen atoms in total. The van der Waals surface area contributed by atoms with Crippen molar-refractivity contribution in [1.29, 1.82) is 0 Å². The monoisotopic (exact) mass is 445 g/mol. The first-order chi connectivity index (χ1) is 14.9. The smallest absolute Gasteiger partial charge is 0.190 e. The molecule has 2 aromatic rings. The lowest BCUT2D eigenvalue weighted by atomic mass is 9.93. The van der Waals surface area contributed by atoms with Crippen LogP contribution >= 0.6 is 0 Å². The van der Waals surface area contributed by atoms with Crippen molar-refractivity contribution in [2.75, 3.05) is 0 Å². The van der Waals surface area contributed by atoms with Crippen LogP contribution in [0.15, 0.2) is 22.7 Å². The summed E-state index contributed by atoms with van der Waals surface area (Å²) < 4.78 is 35.9. The topological polar surface area (TPSA) is 92.4 Å². The molecule has 1 aromatic heterocycles. The molecule has 5 rings (SSSR count). The van der Waals surface area contributed by atoms with Crippen LogP contribution in [0.1, 0.15) is 56.2 Å². The number of benzene rings is 1. The molecule has 3 aliphatic heterocycles. The Balaban J connectivity index is 1.45. The lowest BCUT2D eigenvalue weighted by molar-refractivity contribution is -0.255. The van der Waals surface area contributed by atoms with E-state index in [0.717, 1.165) is 16.7 Å². The molecule has 6 atom stereocenters. The molecule has 0 aliphatic carbocycles. The predicted molar refractivity (Wildman–Crippen MR) is 114 cm³/mol. The quantitative estimate of drug-likeness (QED) is 0.765. The fourth-order valence-corrected chi connectivity index (χ4v) is 5.19. The minimum Gasteiger partial charge on any atom is -0.382 e. The van der Waals surface area contributed by atoms with E-state index < -0.39 is 48.4 Å². The highest BCUT2D eigenvalue weighted by atomic mass is 16.9. The molecule has 0 amide bonds. The van der Waals surface area contributed by atoms with E-state index in [2.05, 4.69) is 24.2 Å². The standard InChI is InChI=1S/C24H31NO7/c1-11-8-12(2)16(13(3)9-11)14-10-15(32-25-14)17(26)18-19-20(29-23(4,5)28-19)21-22(27-18)31-24(6,7)30-21/h8-10,17-22,26H,1-7H3. The number of ether oxygens (including phenoxy) is 5. The number of rotatable bonds is 3. The molecule has 32 heavy (non-hydrogen) atoms. The molecular weight excluding hydrogens is 414 g/mol. The number of aromatic nitrogens is 1. The fourth-order valence-electron chi connectivity index (χ4n) is 5.19. The summed E-state index contributed by atoms with van der Waals surface area (Å²) in [6.07, 6.45) is -4.05. The Morgan fingerprint density at radius 2 is 1.44 bits per heavy atom. The Hall–Kier alpha value is -1.81. The summed E-state index contributed by atoms with van der Waals surface area (Å²) in [7, 11) is 0. The third-order valence-corrected chi connectivity index (χ3v) is 6.25. The molecule has 0 saturated carbocycles. The SMILES string of the molecule is Cc1cc(C)c(-c2cc(C(O)C3OC4OC(C)(C)OC4C4OC(C)(C)OC34)on2)c(C)c1. The second-order valence-electron chi connectivity index (χ2n) is 9.97. The zero-order valence-electron chi connectivity index (χ0n) is 19.5. The third-order valence-electron chi connectivity index (χ3n) is 6.25. The van der Waals surface area contributed by atoms with Crippen molar-refractivity contribution in [3.8, 4) is 11.3 Å². The highest BCUT2D eigenvalue weighted by Crippen LogP contribution is 2.46. The number of aliphatic hydroxyl groups is 1. The van der Waals surface area contributed by atoms with Crippen LogP contribution in [-0.2, 0) is 23.7 Å². The minimum absolute atomic E-state index is 0.299. The Kier molecular flexibility index (Phi) is 5.05. The van der Waals surface area contributed by atoms with E-state index in [1.165, 1.54) is 5.56 Å². The first-order valence-electron chi connectivity index (χ1n) is 11.0. The van der Waals surface area contributed by atoms with Gasteiger partial charge in [0.2, 0.25) is 0 Å². The highest BCUT2D eigenvalue weighted by molar-refractivity contribution is 5.68. The van der Waals surface area contributed by atoms with Gasteiger partial charge in [0.15, 0.2) is 23.6 Å². The number of nitrogens with zero attached hydrogens (tertiary/aromatic N) is 1. The van der Waals surface area contributed by atoms with Crippen molar-refractivity contribution in [3.05, 3.63) is 40.6 Å². The van der Waals surface area contributed by atoms with Crippen LogP contribution < -0.4 is 0 Å². The largest absolute Gasteiger partial charge is 0.382 e. The van der Waals surface area contributed by atoms with Gasteiger partial charge in [-0.1, -0.05) is 22.9 Å². The van der Waals surface area contributed by atoms with Gasteiger partial charge in [0.1, 0.15) is 36.2 Å². The highest BCUT2D eigenvalue weighted by Gasteiger charge is 2.62. The van der Waals surface area contributed by atoms with Gasteiger partial charge in [-0.25, -0.2) is 0 Å². The van der Waals surface area contributed by atoms with E-state index in [4.69, 9.17) is 28.2 Å². The van der Waals surface area contributed by atoms with Gasteiger partial charge in [-0.3, -0.25) is 0 Å². The Morgan fingerprint density at radius 3 is 2.12 bits per heavy atom. The molecule has 3 saturated heterocycles. The maximum Gasteiger partial charge on any atom is 0.190 e. The van der Waals surface area contributed by atoms with Crippen molar-refractivity contribution in [1.82, 2.24) is 5.16 Å². The lowest BCUT2D eigenvalue weighted by Crippen LogP contribution is -2.56. The van der Waals surface area contributed by atoms with E-state index in [1.807, 2.05) is 41.5 Å².